The van der Waals surface area contributed by atoms with Gasteiger partial charge in [0.25, 0.3) is 5.91 Å². The first-order chi connectivity index (χ1) is 11.6. The molecule has 2 rings (SSSR count). The summed E-state index contributed by atoms with van der Waals surface area (Å²) in [6.45, 7) is 0.520. The van der Waals surface area contributed by atoms with Gasteiger partial charge in [0, 0.05) is 19.3 Å². The van der Waals surface area contributed by atoms with E-state index < -0.39 is 0 Å². The van der Waals surface area contributed by atoms with Gasteiger partial charge in [0.1, 0.15) is 5.75 Å². The van der Waals surface area contributed by atoms with E-state index >= 15 is 0 Å². The van der Waals surface area contributed by atoms with Crippen LogP contribution in [0.4, 0.5) is 5.69 Å². The molecule has 2 aromatic carbocycles. The molecule has 0 saturated heterocycles. The van der Waals surface area contributed by atoms with Crippen molar-refractivity contribution in [2.45, 2.75) is 6.54 Å². The Bertz CT molecular complexity index is 699. The highest BCUT2D eigenvalue weighted by molar-refractivity contribution is 5.99. The van der Waals surface area contributed by atoms with Gasteiger partial charge >= 0.3 is 0 Å². The summed E-state index contributed by atoms with van der Waals surface area (Å²) in [5, 5.41) is 8.39. The zero-order chi connectivity index (χ0) is 17.4. The molecule has 0 heterocycles. The Morgan fingerprint density at radius 1 is 1.04 bits per heavy atom. The average Bonchev–Trinajstić information content (AvgIpc) is 2.64. The standard InChI is InChI=1S/C18H21N3O3/c1-19-18(23)15-5-3-4-6-16(15)20-12-17(22)21-11-13-7-9-14(24-2)10-8-13/h3-10,20H,11-12H2,1-2H3,(H,19,23)(H,21,22). The third-order valence-electron chi connectivity index (χ3n) is 3.49. The van der Waals surface area contributed by atoms with Crippen molar-refractivity contribution in [3.05, 3.63) is 59.7 Å². The summed E-state index contributed by atoms with van der Waals surface area (Å²) < 4.78 is 5.09. The largest absolute Gasteiger partial charge is 0.497 e. The van der Waals surface area contributed by atoms with Gasteiger partial charge in [-0.1, -0.05) is 24.3 Å². The molecule has 2 aromatic rings. The highest BCUT2D eigenvalue weighted by Gasteiger charge is 2.10. The fourth-order valence-electron chi connectivity index (χ4n) is 2.15. The van der Waals surface area contributed by atoms with E-state index in [2.05, 4.69) is 16.0 Å². The molecule has 0 unspecified atom stereocenters. The molecule has 0 aromatic heterocycles. The maximum absolute atomic E-state index is 12.0. The molecule has 0 aliphatic carbocycles. The topological polar surface area (TPSA) is 79.5 Å². The summed E-state index contributed by atoms with van der Waals surface area (Å²) in [6, 6.07) is 14.5. The first kappa shape index (κ1) is 17.3. The lowest BCUT2D eigenvalue weighted by Crippen LogP contribution is -2.30. The van der Waals surface area contributed by atoms with Crippen LogP contribution in [0.5, 0.6) is 5.75 Å². The van der Waals surface area contributed by atoms with Crippen LogP contribution in [0.3, 0.4) is 0 Å². The van der Waals surface area contributed by atoms with Crippen molar-refractivity contribution < 1.29 is 14.3 Å². The van der Waals surface area contributed by atoms with Gasteiger partial charge in [0.15, 0.2) is 0 Å². The zero-order valence-corrected chi connectivity index (χ0v) is 13.8. The Kier molecular flexibility index (Phi) is 6.19. The van der Waals surface area contributed by atoms with Crippen molar-refractivity contribution in [1.29, 1.82) is 0 Å². The quantitative estimate of drug-likeness (QED) is 0.724. The van der Waals surface area contributed by atoms with Gasteiger partial charge in [-0.25, -0.2) is 0 Å². The molecule has 3 N–H and O–H groups in total. The Hall–Kier alpha value is -3.02. The van der Waals surface area contributed by atoms with E-state index in [-0.39, 0.29) is 18.4 Å². The van der Waals surface area contributed by atoms with Gasteiger partial charge in [-0.05, 0) is 29.8 Å². The molecule has 6 nitrogen and oxygen atoms in total. The minimum atomic E-state index is -0.197. The maximum Gasteiger partial charge on any atom is 0.253 e. The number of benzene rings is 2. The van der Waals surface area contributed by atoms with Gasteiger partial charge in [0.2, 0.25) is 5.91 Å². The van der Waals surface area contributed by atoms with Crippen LogP contribution < -0.4 is 20.7 Å². The van der Waals surface area contributed by atoms with Crippen molar-refractivity contribution >= 4 is 17.5 Å². The van der Waals surface area contributed by atoms with Gasteiger partial charge in [-0.15, -0.1) is 0 Å². The monoisotopic (exact) mass is 327 g/mol. The summed E-state index contributed by atoms with van der Waals surface area (Å²) in [5.74, 6) is 0.423. The summed E-state index contributed by atoms with van der Waals surface area (Å²) in [7, 11) is 3.18. The second-order valence-electron chi connectivity index (χ2n) is 5.10. The molecule has 0 aliphatic heterocycles. The minimum absolute atomic E-state index is 0.0875. The lowest BCUT2D eigenvalue weighted by atomic mass is 10.1. The molecule has 0 saturated carbocycles. The molecule has 2 amide bonds. The van der Waals surface area contributed by atoms with Crippen molar-refractivity contribution in [2.24, 2.45) is 0 Å². The van der Waals surface area contributed by atoms with Crippen LogP contribution in [0.1, 0.15) is 15.9 Å². The number of ether oxygens (including phenoxy) is 1. The SMILES string of the molecule is CNC(=O)c1ccccc1NCC(=O)NCc1ccc(OC)cc1. The first-order valence-corrected chi connectivity index (χ1v) is 7.58. The number of para-hydroxylation sites is 1. The number of anilines is 1. The van der Waals surface area contributed by atoms with E-state index in [0.717, 1.165) is 11.3 Å². The zero-order valence-electron chi connectivity index (χ0n) is 13.8. The summed E-state index contributed by atoms with van der Waals surface area (Å²) in [6.07, 6.45) is 0. The normalized spacial score (nSPS) is 9.92. The van der Waals surface area contributed by atoms with Crippen LogP contribution in [0.15, 0.2) is 48.5 Å². The third-order valence-corrected chi connectivity index (χ3v) is 3.49. The second kappa shape index (κ2) is 8.57. The molecule has 0 atom stereocenters. The number of carbonyl (C=O) groups is 2. The predicted octanol–water partition coefficient (Wildman–Crippen LogP) is 1.78. The summed E-state index contributed by atoms with van der Waals surface area (Å²) >= 11 is 0. The van der Waals surface area contributed by atoms with Crippen LogP contribution in [0, 0.1) is 0 Å². The van der Waals surface area contributed by atoms with Gasteiger partial charge in [0.05, 0.1) is 19.2 Å². The smallest absolute Gasteiger partial charge is 0.253 e. The van der Waals surface area contributed by atoms with Crippen LogP contribution in [0.2, 0.25) is 0 Å². The molecule has 0 spiro atoms. The Morgan fingerprint density at radius 3 is 2.42 bits per heavy atom. The van der Waals surface area contributed by atoms with Gasteiger partial charge < -0.3 is 20.7 Å². The van der Waals surface area contributed by atoms with Crippen molar-refractivity contribution in [1.82, 2.24) is 10.6 Å². The molecule has 24 heavy (non-hydrogen) atoms. The Labute approximate surface area is 141 Å². The number of hydrogen-bond acceptors (Lipinski definition) is 4. The highest BCUT2D eigenvalue weighted by Crippen LogP contribution is 2.14. The molecule has 126 valence electrons. The Morgan fingerprint density at radius 2 is 1.75 bits per heavy atom. The van der Waals surface area contributed by atoms with E-state index in [1.165, 1.54) is 0 Å². The number of hydrogen-bond donors (Lipinski definition) is 3. The van der Waals surface area contributed by atoms with E-state index in [1.807, 2.05) is 30.3 Å². The lowest BCUT2D eigenvalue weighted by molar-refractivity contribution is -0.119. The number of amides is 2. The molecule has 0 aliphatic rings. The summed E-state index contributed by atoms with van der Waals surface area (Å²) in [4.78, 5) is 23.7. The summed E-state index contributed by atoms with van der Waals surface area (Å²) in [5.41, 5.74) is 2.11. The number of methoxy groups -OCH3 is 1. The van der Waals surface area contributed by atoms with Crippen molar-refractivity contribution in [3.63, 3.8) is 0 Å². The van der Waals surface area contributed by atoms with Crippen LogP contribution in [-0.2, 0) is 11.3 Å². The van der Waals surface area contributed by atoms with E-state index in [9.17, 15) is 9.59 Å². The fourth-order valence-corrected chi connectivity index (χ4v) is 2.15. The van der Waals surface area contributed by atoms with E-state index in [0.29, 0.717) is 17.8 Å². The first-order valence-electron chi connectivity index (χ1n) is 7.58. The molecular formula is C18H21N3O3. The molecule has 0 fully saturated rings. The average molecular weight is 327 g/mol. The maximum atomic E-state index is 12.0. The Balaban J connectivity index is 1.86. The minimum Gasteiger partial charge on any atom is -0.497 e. The van der Waals surface area contributed by atoms with E-state index in [4.69, 9.17) is 4.74 Å². The van der Waals surface area contributed by atoms with Gasteiger partial charge in [-0.3, -0.25) is 9.59 Å². The molecule has 6 heteroatoms. The van der Waals surface area contributed by atoms with Crippen molar-refractivity contribution in [2.75, 3.05) is 26.0 Å². The van der Waals surface area contributed by atoms with Gasteiger partial charge in [-0.2, -0.15) is 0 Å². The number of nitrogens with one attached hydrogen (secondary N) is 3. The highest BCUT2D eigenvalue weighted by atomic mass is 16.5. The van der Waals surface area contributed by atoms with Crippen LogP contribution in [-0.4, -0.2) is 32.5 Å². The molecule has 0 bridgehead atoms. The fraction of sp³-hybridized carbons (Fsp3) is 0.222. The lowest BCUT2D eigenvalue weighted by Gasteiger charge is -2.11. The van der Waals surface area contributed by atoms with Crippen LogP contribution in [0.25, 0.3) is 0 Å². The molecular weight excluding hydrogens is 306 g/mol. The number of carbonyl (C=O) groups excluding carboxylic acids is 2. The van der Waals surface area contributed by atoms with Crippen molar-refractivity contribution in [3.8, 4) is 5.75 Å². The predicted molar refractivity (Wildman–Crippen MR) is 93.2 cm³/mol. The van der Waals surface area contributed by atoms with E-state index in [1.54, 1.807) is 32.4 Å². The van der Waals surface area contributed by atoms with Crippen LogP contribution >= 0.6 is 0 Å². The number of rotatable bonds is 7. The third kappa shape index (κ3) is 4.74. The molecule has 0 radical (unpaired) electrons. The second-order valence-corrected chi connectivity index (χ2v) is 5.10.